The molecule has 0 atom stereocenters. The number of amides is 1. The number of benzene rings is 2. The van der Waals surface area contributed by atoms with Gasteiger partial charge in [-0.3, -0.25) is 4.79 Å². The Morgan fingerprint density at radius 2 is 1.81 bits per heavy atom. The van der Waals surface area contributed by atoms with Gasteiger partial charge in [0, 0.05) is 17.9 Å². The Morgan fingerprint density at radius 3 is 2.56 bits per heavy atom. The van der Waals surface area contributed by atoms with Gasteiger partial charge in [0.15, 0.2) is 0 Å². The predicted octanol–water partition coefficient (Wildman–Crippen LogP) is 4.43. The van der Waals surface area contributed by atoms with E-state index >= 15 is 0 Å². The molecule has 1 aromatic heterocycles. The van der Waals surface area contributed by atoms with Crippen LogP contribution in [0.3, 0.4) is 0 Å². The van der Waals surface area contributed by atoms with Gasteiger partial charge in [-0.1, -0.05) is 24.3 Å². The van der Waals surface area contributed by atoms with Crippen LogP contribution in [0.5, 0.6) is 0 Å². The van der Waals surface area contributed by atoms with Crippen LogP contribution in [0, 0.1) is 13.8 Å². The van der Waals surface area contributed by atoms with Gasteiger partial charge in [0.1, 0.15) is 11.5 Å². The maximum Gasteiger partial charge on any atom is 0.278 e. The van der Waals surface area contributed by atoms with Crippen molar-refractivity contribution in [2.75, 3.05) is 16.8 Å². The van der Waals surface area contributed by atoms with E-state index in [0.29, 0.717) is 18.1 Å². The lowest BCUT2D eigenvalue weighted by molar-refractivity contribution is 0.0980. The molecule has 1 amide bonds. The Balaban J connectivity index is 1.53. The SMILES string of the molecule is Cc1cc(C)cc(Nc2cnc(C(=O)N3CCCc4ccccc43)cn2)c1. The Hall–Kier alpha value is -3.21. The number of aromatic nitrogens is 2. The minimum absolute atomic E-state index is 0.104. The van der Waals surface area contributed by atoms with E-state index < -0.39 is 0 Å². The number of anilines is 3. The van der Waals surface area contributed by atoms with Gasteiger partial charge in [0.2, 0.25) is 0 Å². The summed E-state index contributed by atoms with van der Waals surface area (Å²) in [7, 11) is 0. The maximum absolute atomic E-state index is 12.9. The number of aryl methyl sites for hydroxylation is 3. The quantitative estimate of drug-likeness (QED) is 0.752. The first-order valence-electron chi connectivity index (χ1n) is 9.17. The van der Waals surface area contributed by atoms with Gasteiger partial charge >= 0.3 is 0 Å². The van der Waals surface area contributed by atoms with Crippen LogP contribution in [-0.4, -0.2) is 22.4 Å². The molecule has 0 radical (unpaired) electrons. The molecule has 1 aliphatic rings. The van der Waals surface area contributed by atoms with Gasteiger partial charge in [-0.15, -0.1) is 0 Å². The fourth-order valence-electron chi connectivity index (χ4n) is 3.58. The van der Waals surface area contributed by atoms with Gasteiger partial charge in [0.05, 0.1) is 12.4 Å². The van der Waals surface area contributed by atoms with E-state index in [4.69, 9.17) is 0 Å². The largest absolute Gasteiger partial charge is 0.339 e. The van der Waals surface area contributed by atoms with Crippen molar-refractivity contribution >= 4 is 23.1 Å². The topological polar surface area (TPSA) is 58.1 Å². The highest BCUT2D eigenvalue weighted by Gasteiger charge is 2.24. The molecule has 5 heteroatoms. The Morgan fingerprint density at radius 1 is 1.04 bits per heavy atom. The predicted molar refractivity (Wildman–Crippen MR) is 108 cm³/mol. The number of hydrogen-bond donors (Lipinski definition) is 1. The van der Waals surface area contributed by atoms with Crippen LogP contribution in [0.2, 0.25) is 0 Å². The molecule has 0 aliphatic carbocycles. The molecule has 1 N–H and O–H groups in total. The van der Waals surface area contributed by atoms with Crippen LogP contribution in [0.4, 0.5) is 17.2 Å². The molecule has 0 bridgehead atoms. The molecule has 0 saturated heterocycles. The summed E-state index contributed by atoms with van der Waals surface area (Å²) >= 11 is 0. The van der Waals surface area contributed by atoms with Gasteiger partial charge in [-0.25, -0.2) is 9.97 Å². The summed E-state index contributed by atoms with van der Waals surface area (Å²) in [4.78, 5) is 23.5. The Kier molecular flexibility index (Phi) is 4.59. The minimum atomic E-state index is -0.104. The number of nitrogens with zero attached hydrogens (tertiary/aromatic N) is 3. The summed E-state index contributed by atoms with van der Waals surface area (Å²) in [6.45, 7) is 4.82. The highest BCUT2D eigenvalue weighted by atomic mass is 16.2. The molecular formula is C22H22N4O. The molecule has 27 heavy (non-hydrogen) atoms. The molecule has 0 saturated carbocycles. The number of carbonyl (C=O) groups excluding carboxylic acids is 1. The van der Waals surface area contributed by atoms with Crippen molar-refractivity contribution in [3.63, 3.8) is 0 Å². The normalized spacial score (nSPS) is 13.2. The molecule has 1 aliphatic heterocycles. The van der Waals surface area contributed by atoms with E-state index in [9.17, 15) is 4.79 Å². The lowest BCUT2D eigenvalue weighted by Gasteiger charge is -2.29. The summed E-state index contributed by atoms with van der Waals surface area (Å²) in [6, 6.07) is 14.3. The third-order valence-electron chi connectivity index (χ3n) is 4.72. The second kappa shape index (κ2) is 7.19. The standard InChI is InChI=1S/C22H22N4O/c1-15-10-16(2)12-18(11-15)25-21-14-23-19(13-24-21)22(27)26-9-5-7-17-6-3-4-8-20(17)26/h3-4,6,8,10-14H,5,7,9H2,1-2H3,(H,24,25). The van der Waals surface area contributed by atoms with Crippen molar-refractivity contribution in [1.29, 1.82) is 0 Å². The zero-order valence-corrected chi connectivity index (χ0v) is 15.6. The van der Waals surface area contributed by atoms with Crippen LogP contribution in [0.25, 0.3) is 0 Å². The molecule has 3 aromatic rings. The van der Waals surface area contributed by atoms with E-state index in [-0.39, 0.29) is 5.91 Å². The first kappa shape index (κ1) is 17.2. The third kappa shape index (κ3) is 3.67. The van der Waals surface area contributed by atoms with Gasteiger partial charge in [-0.2, -0.15) is 0 Å². The highest BCUT2D eigenvalue weighted by Crippen LogP contribution is 2.27. The fourth-order valence-corrected chi connectivity index (χ4v) is 3.58. The maximum atomic E-state index is 12.9. The summed E-state index contributed by atoms with van der Waals surface area (Å²) in [5.41, 5.74) is 5.87. The Bertz CT molecular complexity index is 962. The summed E-state index contributed by atoms with van der Waals surface area (Å²) in [5.74, 6) is 0.517. The first-order valence-corrected chi connectivity index (χ1v) is 9.17. The van der Waals surface area contributed by atoms with E-state index in [1.165, 1.54) is 16.7 Å². The Labute approximate surface area is 159 Å². The number of rotatable bonds is 3. The average molecular weight is 358 g/mol. The zero-order chi connectivity index (χ0) is 18.8. The van der Waals surface area contributed by atoms with Gasteiger partial charge in [0.25, 0.3) is 5.91 Å². The minimum Gasteiger partial charge on any atom is -0.339 e. The van der Waals surface area contributed by atoms with E-state index in [1.54, 1.807) is 17.3 Å². The summed E-state index contributed by atoms with van der Waals surface area (Å²) < 4.78 is 0. The lowest BCUT2D eigenvalue weighted by Crippen LogP contribution is -2.36. The monoisotopic (exact) mass is 358 g/mol. The van der Waals surface area contributed by atoms with E-state index in [2.05, 4.69) is 53.4 Å². The van der Waals surface area contributed by atoms with Crippen molar-refractivity contribution in [2.24, 2.45) is 0 Å². The van der Waals surface area contributed by atoms with Crippen LogP contribution in [0.1, 0.15) is 33.6 Å². The number of nitrogens with one attached hydrogen (secondary N) is 1. The molecule has 136 valence electrons. The number of hydrogen-bond acceptors (Lipinski definition) is 4. The zero-order valence-electron chi connectivity index (χ0n) is 15.6. The van der Waals surface area contributed by atoms with E-state index in [1.807, 2.05) is 18.2 Å². The van der Waals surface area contributed by atoms with Gasteiger partial charge in [-0.05, 0) is 61.6 Å². The molecule has 0 spiro atoms. The summed E-state index contributed by atoms with van der Waals surface area (Å²) in [5, 5.41) is 3.25. The molecule has 5 nitrogen and oxygen atoms in total. The smallest absolute Gasteiger partial charge is 0.278 e. The first-order chi connectivity index (χ1) is 13.1. The summed E-state index contributed by atoms with van der Waals surface area (Å²) in [6.07, 6.45) is 5.12. The average Bonchev–Trinajstić information content (AvgIpc) is 2.67. The van der Waals surface area contributed by atoms with Crippen molar-refractivity contribution in [3.05, 3.63) is 77.2 Å². The molecule has 2 aromatic carbocycles. The van der Waals surface area contributed by atoms with Crippen molar-refractivity contribution < 1.29 is 4.79 Å². The number of carbonyl (C=O) groups is 1. The van der Waals surface area contributed by atoms with Crippen molar-refractivity contribution in [3.8, 4) is 0 Å². The van der Waals surface area contributed by atoms with Crippen LogP contribution in [0.15, 0.2) is 54.9 Å². The second-order valence-electron chi connectivity index (χ2n) is 6.98. The second-order valence-corrected chi connectivity index (χ2v) is 6.98. The highest BCUT2D eigenvalue weighted by molar-refractivity contribution is 6.05. The van der Waals surface area contributed by atoms with Crippen molar-refractivity contribution in [2.45, 2.75) is 26.7 Å². The fraction of sp³-hybridized carbons (Fsp3) is 0.227. The molecule has 0 fully saturated rings. The van der Waals surface area contributed by atoms with Crippen LogP contribution in [-0.2, 0) is 6.42 Å². The molecule has 4 rings (SSSR count). The number of fused-ring (bicyclic) bond motifs is 1. The van der Waals surface area contributed by atoms with Gasteiger partial charge < -0.3 is 10.2 Å². The molecule has 0 unspecified atom stereocenters. The lowest BCUT2D eigenvalue weighted by atomic mass is 10.0. The van der Waals surface area contributed by atoms with Crippen molar-refractivity contribution in [1.82, 2.24) is 9.97 Å². The van der Waals surface area contributed by atoms with E-state index in [0.717, 1.165) is 24.2 Å². The third-order valence-corrected chi connectivity index (χ3v) is 4.72. The van der Waals surface area contributed by atoms with Crippen LogP contribution >= 0.6 is 0 Å². The molecule has 2 heterocycles. The molecular weight excluding hydrogens is 336 g/mol. The van der Waals surface area contributed by atoms with Crippen LogP contribution < -0.4 is 10.2 Å². The number of para-hydroxylation sites is 1.